The summed E-state index contributed by atoms with van der Waals surface area (Å²) in [5.41, 5.74) is 0.00392. The van der Waals surface area contributed by atoms with Gasteiger partial charge in [-0.25, -0.2) is 9.18 Å². The van der Waals surface area contributed by atoms with E-state index in [9.17, 15) is 23.6 Å². The van der Waals surface area contributed by atoms with Crippen LogP contribution in [0.15, 0.2) is 48.5 Å². The molecule has 1 aliphatic heterocycles. The molecule has 8 nitrogen and oxygen atoms in total. The van der Waals surface area contributed by atoms with Crippen LogP contribution in [0.25, 0.3) is 0 Å². The smallest absolute Gasteiger partial charge is 0.408 e. The SMILES string of the molecule is CC1(C)CC(CC(C=O)NC(=O)C(CC2CCCCC2)NC(=O)OC(c2cccc(F)c2)C(C)(C)c2cccc(Cl)c2)C(=O)N1. The molecule has 4 unspecified atom stereocenters. The molecule has 3 amide bonds. The van der Waals surface area contributed by atoms with Crippen LogP contribution in [-0.4, -0.2) is 41.8 Å². The first-order valence-electron chi connectivity index (χ1n) is 15.8. The van der Waals surface area contributed by atoms with E-state index in [4.69, 9.17) is 16.3 Å². The van der Waals surface area contributed by atoms with Crippen LogP contribution < -0.4 is 16.0 Å². The predicted octanol–water partition coefficient (Wildman–Crippen LogP) is 6.55. The third-order valence-electron chi connectivity index (χ3n) is 9.12. The lowest BCUT2D eigenvalue weighted by Crippen LogP contribution is -2.52. The molecule has 0 radical (unpaired) electrons. The van der Waals surface area contributed by atoms with Crippen molar-refractivity contribution < 1.29 is 28.3 Å². The molecule has 1 heterocycles. The number of hydrogen-bond donors (Lipinski definition) is 3. The van der Waals surface area contributed by atoms with Crippen LogP contribution in [0.4, 0.5) is 9.18 Å². The van der Waals surface area contributed by atoms with Crippen LogP contribution in [0.5, 0.6) is 0 Å². The lowest BCUT2D eigenvalue weighted by molar-refractivity contribution is -0.127. The first-order valence-corrected chi connectivity index (χ1v) is 16.2. The average Bonchev–Trinajstić information content (AvgIpc) is 3.25. The van der Waals surface area contributed by atoms with Gasteiger partial charge in [-0.1, -0.05) is 81.8 Å². The Hall–Kier alpha value is -3.46. The fraction of sp³-hybridized carbons (Fsp3) is 0.543. The second kappa shape index (κ2) is 14.8. The Morgan fingerprint density at radius 2 is 1.80 bits per heavy atom. The normalized spacial score (nSPS) is 20.4. The van der Waals surface area contributed by atoms with E-state index in [0.717, 1.165) is 37.7 Å². The van der Waals surface area contributed by atoms with E-state index in [1.165, 1.54) is 12.1 Å². The third kappa shape index (κ3) is 9.28. The number of hydrogen-bond acceptors (Lipinski definition) is 5. The molecule has 2 aliphatic rings. The van der Waals surface area contributed by atoms with Crippen LogP contribution in [0.3, 0.4) is 0 Å². The van der Waals surface area contributed by atoms with E-state index in [0.29, 0.717) is 29.7 Å². The summed E-state index contributed by atoms with van der Waals surface area (Å²) >= 11 is 6.29. The molecule has 1 saturated heterocycles. The molecule has 4 rings (SSSR count). The van der Waals surface area contributed by atoms with Crippen molar-refractivity contribution >= 4 is 35.8 Å². The molecular formula is C35H45ClFN3O5. The number of rotatable bonds is 12. The Labute approximate surface area is 270 Å². The highest BCUT2D eigenvalue weighted by molar-refractivity contribution is 6.30. The molecule has 3 N–H and O–H groups in total. The maximum atomic E-state index is 14.4. The minimum absolute atomic E-state index is 0.146. The summed E-state index contributed by atoms with van der Waals surface area (Å²) in [5.74, 6) is -1.33. The van der Waals surface area contributed by atoms with E-state index < -0.39 is 47.3 Å². The minimum Gasteiger partial charge on any atom is -0.440 e. The van der Waals surface area contributed by atoms with E-state index >= 15 is 0 Å². The summed E-state index contributed by atoms with van der Waals surface area (Å²) in [6, 6.07) is 11.2. The van der Waals surface area contributed by atoms with Gasteiger partial charge >= 0.3 is 6.09 Å². The topological polar surface area (TPSA) is 114 Å². The summed E-state index contributed by atoms with van der Waals surface area (Å²) in [6.07, 6.45) is 5.05. The lowest BCUT2D eigenvalue weighted by atomic mass is 9.76. The van der Waals surface area contributed by atoms with Crippen molar-refractivity contribution in [2.45, 2.75) is 108 Å². The van der Waals surface area contributed by atoms with E-state index in [2.05, 4.69) is 16.0 Å². The zero-order chi connectivity index (χ0) is 32.8. The van der Waals surface area contributed by atoms with Crippen molar-refractivity contribution in [2.24, 2.45) is 11.8 Å². The number of aldehydes is 1. The molecule has 4 atom stereocenters. The standard InChI is InChI=1S/C35H45ClFN3O5/c1-34(2)20-24(31(42)40-34)18-28(21-41)38-32(43)29(16-22-10-6-5-7-11-22)39-33(44)45-30(23-12-8-15-27(37)17-23)35(3,4)25-13-9-14-26(36)19-25/h8-9,12-15,17,19,21-22,24,28-30H,5-7,10-11,16,18,20H2,1-4H3,(H,38,43)(H,39,44)(H,40,42). The van der Waals surface area contributed by atoms with Crippen molar-refractivity contribution in [3.8, 4) is 0 Å². The molecule has 2 fully saturated rings. The van der Waals surface area contributed by atoms with Crippen molar-refractivity contribution in [2.75, 3.05) is 0 Å². The molecule has 0 bridgehead atoms. The third-order valence-corrected chi connectivity index (χ3v) is 9.36. The maximum absolute atomic E-state index is 14.4. The fourth-order valence-electron chi connectivity index (χ4n) is 6.74. The Kier molecular flexibility index (Phi) is 11.3. The second-order valence-corrected chi connectivity index (χ2v) is 14.2. The van der Waals surface area contributed by atoms with Gasteiger partial charge in [-0.2, -0.15) is 0 Å². The molecule has 2 aromatic rings. The molecule has 45 heavy (non-hydrogen) atoms. The van der Waals surface area contributed by atoms with Crippen LogP contribution in [0.2, 0.25) is 5.02 Å². The first kappa shape index (κ1) is 34.4. The van der Waals surface area contributed by atoms with Crippen molar-refractivity contribution in [1.29, 1.82) is 0 Å². The van der Waals surface area contributed by atoms with Crippen molar-refractivity contribution in [1.82, 2.24) is 16.0 Å². The zero-order valence-electron chi connectivity index (χ0n) is 26.5. The van der Waals surface area contributed by atoms with Crippen molar-refractivity contribution in [3.63, 3.8) is 0 Å². The molecule has 10 heteroatoms. The van der Waals surface area contributed by atoms with Gasteiger partial charge in [0.05, 0.1) is 6.04 Å². The number of halogens is 2. The summed E-state index contributed by atoms with van der Waals surface area (Å²) < 4.78 is 20.4. The molecule has 1 saturated carbocycles. The van der Waals surface area contributed by atoms with Crippen LogP contribution in [0.1, 0.15) is 96.3 Å². The van der Waals surface area contributed by atoms with E-state index in [1.54, 1.807) is 30.3 Å². The van der Waals surface area contributed by atoms with Gasteiger partial charge in [0.2, 0.25) is 11.8 Å². The Balaban J connectivity index is 1.54. The van der Waals surface area contributed by atoms with Crippen LogP contribution in [-0.2, 0) is 24.5 Å². The van der Waals surface area contributed by atoms with Gasteiger partial charge in [-0.05, 0) is 74.4 Å². The highest BCUT2D eigenvalue weighted by Crippen LogP contribution is 2.41. The zero-order valence-corrected chi connectivity index (χ0v) is 27.3. The number of nitrogens with one attached hydrogen (secondary N) is 3. The van der Waals surface area contributed by atoms with Crippen molar-refractivity contribution in [3.05, 3.63) is 70.5 Å². The van der Waals surface area contributed by atoms with E-state index in [-0.39, 0.29) is 23.8 Å². The predicted molar refractivity (Wildman–Crippen MR) is 171 cm³/mol. The average molecular weight is 642 g/mol. The molecule has 244 valence electrons. The first-order chi connectivity index (χ1) is 21.3. The highest BCUT2D eigenvalue weighted by Gasteiger charge is 2.40. The molecule has 0 aromatic heterocycles. The van der Waals surface area contributed by atoms with Crippen LogP contribution in [0, 0.1) is 17.7 Å². The number of alkyl carbamates (subject to hydrolysis) is 1. The quantitative estimate of drug-likeness (QED) is 0.228. The number of amides is 3. The minimum atomic E-state index is -0.973. The fourth-order valence-corrected chi connectivity index (χ4v) is 6.93. The Bertz CT molecular complexity index is 1380. The summed E-state index contributed by atoms with van der Waals surface area (Å²) in [7, 11) is 0. The van der Waals surface area contributed by atoms with Gasteiger partial charge in [0.1, 0.15) is 24.2 Å². The summed E-state index contributed by atoms with van der Waals surface area (Å²) in [5, 5.41) is 8.97. The van der Waals surface area contributed by atoms with Gasteiger partial charge in [0, 0.05) is 21.9 Å². The molecule has 0 spiro atoms. The molecule has 2 aromatic carbocycles. The monoisotopic (exact) mass is 641 g/mol. The highest BCUT2D eigenvalue weighted by atomic mass is 35.5. The second-order valence-electron chi connectivity index (χ2n) is 13.8. The van der Waals surface area contributed by atoms with E-state index in [1.807, 2.05) is 33.8 Å². The number of carbonyl (C=O) groups is 4. The maximum Gasteiger partial charge on any atom is 0.408 e. The number of carbonyl (C=O) groups excluding carboxylic acids is 4. The van der Waals surface area contributed by atoms with Crippen LogP contribution >= 0.6 is 11.6 Å². The summed E-state index contributed by atoms with van der Waals surface area (Å²) in [6.45, 7) is 7.59. The van der Waals surface area contributed by atoms with Gasteiger partial charge in [0.25, 0.3) is 0 Å². The van der Waals surface area contributed by atoms with Gasteiger partial charge < -0.3 is 25.5 Å². The Morgan fingerprint density at radius 3 is 2.42 bits per heavy atom. The number of ether oxygens (including phenoxy) is 1. The largest absolute Gasteiger partial charge is 0.440 e. The van der Waals surface area contributed by atoms with Gasteiger partial charge in [-0.3, -0.25) is 9.59 Å². The van der Waals surface area contributed by atoms with Gasteiger partial charge in [0.15, 0.2) is 0 Å². The summed E-state index contributed by atoms with van der Waals surface area (Å²) in [4.78, 5) is 51.8. The van der Waals surface area contributed by atoms with Gasteiger partial charge in [-0.15, -0.1) is 0 Å². The Morgan fingerprint density at radius 1 is 1.09 bits per heavy atom. The molecule has 1 aliphatic carbocycles. The number of benzene rings is 2. The molecular weight excluding hydrogens is 597 g/mol. The lowest BCUT2D eigenvalue weighted by Gasteiger charge is -2.35.